The molecule has 4 heteroatoms. The molecule has 26 heavy (non-hydrogen) atoms. The van der Waals surface area contributed by atoms with Crippen molar-refractivity contribution in [1.82, 2.24) is 9.88 Å². The molecule has 0 saturated carbocycles. The van der Waals surface area contributed by atoms with Crippen LogP contribution in [0.4, 0.5) is 4.39 Å². The maximum absolute atomic E-state index is 14.5. The van der Waals surface area contributed by atoms with Gasteiger partial charge in [-0.3, -0.25) is 4.79 Å². The van der Waals surface area contributed by atoms with E-state index in [-0.39, 0.29) is 17.8 Å². The molecule has 0 aliphatic rings. The summed E-state index contributed by atoms with van der Waals surface area (Å²) in [6.45, 7) is 5.89. The molecule has 1 amide bonds. The lowest BCUT2D eigenvalue weighted by molar-refractivity contribution is 0.0734. The third kappa shape index (κ3) is 3.07. The smallest absolute Gasteiger partial charge is 0.272 e. The lowest BCUT2D eigenvalue weighted by Gasteiger charge is -2.25. The average molecular weight is 349 g/mol. The van der Waals surface area contributed by atoms with E-state index in [1.807, 2.05) is 45.0 Å². The molecular formula is C22H23FN2O. The first kappa shape index (κ1) is 18.1. The summed E-state index contributed by atoms with van der Waals surface area (Å²) >= 11 is 0. The zero-order chi connectivity index (χ0) is 18.8. The number of benzene rings is 2. The van der Waals surface area contributed by atoms with Crippen LogP contribution in [0.1, 0.15) is 36.3 Å². The Kier molecular flexibility index (Phi) is 5.03. The molecule has 0 fully saturated rings. The molecule has 1 heterocycles. The standard InChI is InChI=1S/C22H23FN2O/c1-5-14(2)25(4)22(26)21-15(3)20(16-10-6-8-12-18(16)23)17-11-7-9-13-19(17)24-21/h6-14H,5H2,1-4H3/i4-1. The number of fused-ring (bicyclic) bond motifs is 1. The van der Waals surface area contributed by atoms with Gasteiger partial charge in [-0.15, -0.1) is 0 Å². The number of pyridine rings is 1. The van der Waals surface area contributed by atoms with Gasteiger partial charge in [-0.05, 0) is 43.5 Å². The Hall–Kier alpha value is -2.75. The van der Waals surface area contributed by atoms with E-state index in [0.717, 1.165) is 17.4 Å². The van der Waals surface area contributed by atoms with Crippen molar-refractivity contribution in [3.63, 3.8) is 0 Å². The van der Waals surface area contributed by atoms with Crippen LogP contribution >= 0.6 is 0 Å². The predicted octanol–water partition coefficient (Wildman–Crippen LogP) is 5.22. The Bertz CT molecular complexity index is 968. The van der Waals surface area contributed by atoms with E-state index in [4.69, 9.17) is 0 Å². The Morgan fingerprint density at radius 1 is 1.15 bits per heavy atom. The van der Waals surface area contributed by atoms with E-state index < -0.39 is 0 Å². The van der Waals surface area contributed by atoms with Gasteiger partial charge < -0.3 is 4.90 Å². The van der Waals surface area contributed by atoms with Gasteiger partial charge in [0.25, 0.3) is 5.91 Å². The van der Waals surface area contributed by atoms with Crippen LogP contribution in [0.25, 0.3) is 22.0 Å². The van der Waals surface area contributed by atoms with E-state index in [1.165, 1.54) is 6.07 Å². The molecule has 1 unspecified atom stereocenters. The Balaban J connectivity index is 2.29. The second-order valence-corrected chi connectivity index (χ2v) is 6.63. The summed E-state index contributed by atoms with van der Waals surface area (Å²) in [4.78, 5) is 19.4. The van der Waals surface area contributed by atoms with Gasteiger partial charge in [0.2, 0.25) is 0 Å². The van der Waals surface area contributed by atoms with E-state index >= 15 is 0 Å². The lowest BCUT2D eigenvalue weighted by atomic mass is 9.94. The molecule has 3 rings (SSSR count). The third-order valence-corrected chi connectivity index (χ3v) is 5.05. The number of rotatable bonds is 4. The number of halogens is 1. The maximum Gasteiger partial charge on any atom is 0.272 e. The minimum absolute atomic E-state index is 0.104. The summed E-state index contributed by atoms with van der Waals surface area (Å²) in [7, 11) is 1.79. The van der Waals surface area contributed by atoms with Gasteiger partial charge in [0.05, 0.1) is 5.52 Å². The molecule has 2 aromatic carbocycles. The second kappa shape index (κ2) is 7.24. The highest BCUT2D eigenvalue weighted by Gasteiger charge is 2.24. The topological polar surface area (TPSA) is 33.2 Å². The molecular weight excluding hydrogens is 326 g/mol. The lowest BCUT2D eigenvalue weighted by Crippen LogP contribution is -2.35. The molecule has 0 aliphatic carbocycles. The average Bonchev–Trinajstić information content (AvgIpc) is 2.66. The van der Waals surface area contributed by atoms with E-state index in [9.17, 15) is 9.18 Å². The number of nitrogens with zero attached hydrogens (tertiary/aromatic N) is 2. The summed E-state index contributed by atoms with van der Waals surface area (Å²) < 4.78 is 14.5. The summed E-state index contributed by atoms with van der Waals surface area (Å²) in [5, 5.41) is 0.845. The molecule has 3 nitrogen and oxygen atoms in total. The van der Waals surface area contributed by atoms with Gasteiger partial charge in [0, 0.05) is 24.0 Å². The first-order valence-electron chi connectivity index (χ1n) is 8.87. The molecule has 3 aromatic rings. The molecule has 0 saturated heterocycles. The van der Waals surface area contributed by atoms with Crippen molar-refractivity contribution in [2.24, 2.45) is 0 Å². The number of hydrogen-bond acceptors (Lipinski definition) is 2. The maximum atomic E-state index is 14.5. The summed E-state index contributed by atoms with van der Waals surface area (Å²) in [6, 6.07) is 14.3. The summed E-state index contributed by atoms with van der Waals surface area (Å²) in [6.07, 6.45) is 0.856. The largest absolute Gasteiger partial charge is 0.338 e. The Labute approximate surface area is 153 Å². The first-order chi connectivity index (χ1) is 12.5. The molecule has 0 bridgehead atoms. The number of para-hydroxylation sites is 1. The van der Waals surface area contributed by atoms with Crippen molar-refractivity contribution >= 4 is 16.8 Å². The highest BCUT2D eigenvalue weighted by atomic mass is 19.1. The minimum atomic E-state index is -0.305. The fraction of sp³-hybridized carbons (Fsp3) is 0.273. The van der Waals surface area contributed by atoms with Crippen molar-refractivity contribution in [3.8, 4) is 11.1 Å². The van der Waals surface area contributed by atoms with Gasteiger partial charge in [-0.25, -0.2) is 9.37 Å². The van der Waals surface area contributed by atoms with Crippen LogP contribution in [0, 0.1) is 12.7 Å². The van der Waals surface area contributed by atoms with Gasteiger partial charge in [-0.1, -0.05) is 43.3 Å². The number of amides is 1. The molecule has 0 N–H and O–H groups in total. The van der Waals surface area contributed by atoms with Gasteiger partial charge in [0.1, 0.15) is 11.5 Å². The number of carbonyl (C=O) groups is 1. The van der Waals surface area contributed by atoms with Gasteiger partial charge in [-0.2, -0.15) is 0 Å². The fourth-order valence-corrected chi connectivity index (χ4v) is 3.17. The fourth-order valence-electron chi connectivity index (χ4n) is 3.17. The summed E-state index contributed by atoms with van der Waals surface area (Å²) in [5.74, 6) is -0.444. The SMILES string of the molecule is CCC(C)N([11CH3])C(=O)c1nc2ccccc2c(-c2ccccc2F)c1C. The zero-order valence-corrected chi connectivity index (χ0v) is 15.6. The highest BCUT2D eigenvalue weighted by molar-refractivity contribution is 6.03. The molecule has 1 aromatic heterocycles. The van der Waals surface area contributed by atoms with Crippen LogP contribution in [0.5, 0.6) is 0 Å². The van der Waals surface area contributed by atoms with Gasteiger partial charge >= 0.3 is 0 Å². The van der Waals surface area contributed by atoms with Crippen LogP contribution in [0.2, 0.25) is 0 Å². The van der Waals surface area contributed by atoms with Crippen molar-refractivity contribution in [3.05, 3.63) is 65.6 Å². The van der Waals surface area contributed by atoms with Crippen molar-refractivity contribution in [2.75, 3.05) is 7.05 Å². The van der Waals surface area contributed by atoms with Crippen molar-refractivity contribution in [2.45, 2.75) is 33.2 Å². The second-order valence-electron chi connectivity index (χ2n) is 6.63. The molecule has 0 spiro atoms. The van der Waals surface area contributed by atoms with Crippen LogP contribution in [0.15, 0.2) is 48.5 Å². The van der Waals surface area contributed by atoms with E-state index in [1.54, 1.807) is 30.1 Å². The normalized spacial score (nSPS) is 12.2. The minimum Gasteiger partial charge on any atom is -0.338 e. The number of aromatic nitrogens is 1. The van der Waals surface area contributed by atoms with Crippen LogP contribution in [0.3, 0.4) is 0 Å². The van der Waals surface area contributed by atoms with Crippen LogP contribution < -0.4 is 0 Å². The summed E-state index contributed by atoms with van der Waals surface area (Å²) in [5.41, 5.74) is 2.99. The quantitative estimate of drug-likeness (QED) is 0.647. The first-order valence-corrected chi connectivity index (χ1v) is 8.87. The monoisotopic (exact) mass is 349 g/mol. The van der Waals surface area contributed by atoms with E-state index in [0.29, 0.717) is 22.3 Å². The number of carbonyl (C=O) groups excluding carboxylic acids is 1. The number of hydrogen-bond donors (Lipinski definition) is 0. The van der Waals surface area contributed by atoms with Crippen LogP contribution in [-0.4, -0.2) is 28.9 Å². The van der Waals surface area contributed by atoms with Crippen LogP contribution in [-0.2, 0) is 0 Å². The third-order valence-electron chi connectivity index (χ3n) is 5.05. The van der Waals surface area contributed by atoms with Gasteiger partial charge in [0.15, 0.2) is 0 Å². The Morgan fingerprint density at radius 3 is 2.50 bits per heavy atom. The highest BCUT2D eigenvalue weighted by Crippen LogP contribution is 2.34. The Morgan fingerprint density at radius 2 is 1.81 bits per heavy atom. The molecule has 1 atom stereocenters. The van der Waals surface area contributed by atoms with E-state index in [2.05, 4.69) is 4.98 Å². The van der Waals surface area contributed by atoms with Crippen molar-refractivity contribution in [1.29, 1.82) is 0 Å². The molecule has 134 valence electrons. The molecule has 0 radical (unpaired) electrons. The molecule has 0 aliphatic heterocycles. The van der Waals surface area contributed by atoms with Crippen molar-refractivity contribution < 1.29 is 9.18 Å². The predicted molar refractivity (Wildman–Crippen MR) is 104 cm³/mol. The zero-order valence-electron chi connectivity index (χ0n) is 15.6.